The lowest BCUT2D eigenvalue weighted by atomic mass is 10.5. The third kappa shape index (κ3) is 3.15. The Balaban J connectivity index is 2.07. The summed E-state index contributed by atoms with van der Waals surface area (Å²) < 4.78 is 0. The molecule has 0 aromatic carbocycles. The average molecular weight is 154 g/mol. The van der Waals surface area contributed by atoms with Crippen molar-refractivity contribution >= 4 is 6.21 Å². The van der Waals surface area contributed by atoms with Crippen molar-refractivity contribution in [3.63, 3.8) is 0 Å². The zero-order valence-corrected chi connectivity index (χ0v) is 6.53. The molecule has 0 aromatic heterocycles. The minimum atomic E-state index is 0.686. The summed E-state index contributed by atoms with van der Waals surface area (Å²) in [6.45, 7) is 3.28. The maximum absolute atomic E-state index is 5.32. The molecule has 0 radical (unpaired) electrons. The molecule has 0 aromatic rings. The summed E-state index contributed by atoms with van der Waals surface area (Å²) in [5.41, 5.74) is 5.32. The van der Waals surface area contributed by atoms with Gasteiger partial charge in [-0.3, -0.25) is 10.3 Å². The van der Waals surface area contributed by atoms with Crippen molar-refractivity contribution in [1.82, 2.24) is 10.2 Å². The predicted octanol–water partition coefficient (Wildman–Crippen LogP) is -0.650. The highest BCUT2D eigenvalue weighted by Gasteiger charge is 1.97. The monoisotopic (exact) mass is 154 g/mol. The Labute approximate surface area is 66.8 Å². The summed E-state index contributed by atoms with van der Waals surface area (Å²) in [6.07, 6.45) is 5.63. The van der Waals surface area contributed by atoms with E-state index in [1.165, 1.54) is 0 Å². The number of nitrogens with one attached hydrogen (secondary N) is 1. The average Bonchev–Trinajstić information content (AvgIpc) is 2.07. The molecule has 4 nitrogen and oxygen atoms in total. The molecule has 0 spiro atoms. The van der Waals surface area contributed by atoms with Gasteiger partial charge in [0.15, 0.2) is 0 Å². The van der Waals surface area contributed by atoms with Crippen LogP contribution in [-0.2, 0) is 0 Å². The lowest BCUT2D eigenvalue weighted by Crippen LogP contribution is -2.35. The van der Waals surface area contributed by atoms with Crippen LogP contribution >= 0.6 is 0 Å². The Bertz CT molecular complexity index is 153. The van der Waals surface area contributed by atoms with Gasteiger partial charge in [0, 0.05) is 31.7 Å². The first kappa shape index (κ1) is 8.23. The quantitative estimate of drug-likeness (QED) is 0.529. The fraction of sp³-hybridized carbons (Fsp3) is 0.571. The van der Waals surface area contributed by atoms with Crippen molar-refractivity contribution < 1.29 is 0 Å². The zero-order valence-electron chi connectivity index (χ0n) is 6.53. The Morgan fingerprint density at radius 2 is 2.55 bits per heavy atom. The number of hydrogen-bond acceptors (Lipinski definition) is 4. The van der Waals surface area contributed by atoms with Crippen LogP contribution in [0.3, 0.4) is 0 Å². The predicted molar refractivity (Wildman–Crippen MR) is 46.3 cm³/mol. The summed E-state index contributed by atoms with van der Waals surface area (Å²) in [6, 6.07) is 0. The third-order valence-electron chi connectivity index (χ3n) is 1.42. The molecule has 0 aliphatic carbocycles. The highest BCUT2D eigenvalue weighted by molar-refractivity contribution is 5.61. The van der Waals surface area contributed by atoms with Crippen LogP contribution < -0.4 is 11.1 Å². The fourth-order valence-corrected chi connectivity index (χ4v) is 0.848. The van der Waals surface area contributed by atoms with Crippen LogP contribution in [0.2, 0.25) is 0 Å². The van der Waals surface area contributed by atoms with Gasteiger partial charge < -0.3 is 10.6 Å². The maximum Gasteiger partial charge on any atom is 0.0681 e. The van der Waals surface area contributed by atoms with Gasteiger partial charge in [-0.2, -0.15) is 0 Å². The molecule has 0 atom stereocenters. The van der Waals surface area contributed by atoms with Gasteiger partial charge >= 0.3 is 0 Å². The Morgan fingerprint density at radius 3 is 3.18 bits per heavy atom. The first-order valence-corrected chi connectivity index (χ1v) is 3.76. The highest BCUT2D eigenvalue weighted by atomic mass is 15.2. The number of nitrogens with two attached hydrogens (primary N) is 1. The third-order valence-corrected chi connectivity index (χ3v) is 1.42. The molecule has 0 fully saturated rings. The van der Waals surface area contributed by atoms with Gasteiger partial charge in [-0.15, -0.1) is 0 Å². The second kappa shape index (κ2) is 4.87. The van der Waals surface area contributed by atoms with Crippen molar-refractivity contribution in [3.05, 3.63) is 12.4 Å². The molecule has 0 amide bonds. The van der Waals surface area contributed by atoms with Crippen molar-refractivity contribution in [3.8, 4) is 0 Å². The Kier molecular flexibility index (Phi) is 3.64. The lowest BCUT2D eigenvalue weighted by molar-refractivity contribution is 0.385. The lowest BCUT2D eigenvalue weighted by Gasteiger charge is -2.19. The summed E-state index contributed by atoms with van der Waals surface area (Å²) in [7, 11) is 0. The molecule has 1 rings (SSSR count). The molecule has 1 aliphatic rings. The summed E-state index contributed by atoms with van der Waals surface area (Å²) in [5.74, 6) is 0. The van der Waals surface area contributed by atoms with Gasteiger partial charge in [0.05, 0.1) is 13.2 Å². The molecule has 4 heteroatoms. The van der Waals surface area contributed by atoms with Crippen LogP contribution in [0.1, 0.15) is 0 Å². The molecular formula is C7H14N4. The number of rotatable bonds is 4. The largest absolute Gasteiger partial charge is 0.358 e. The van der Waals surface area contributed by atoms with E-state index in [4.69, 9.17) is 5.73 Å². The van der Waals surface area contributed by atoms with E-state index in [0.29, 0.717) is 6.54 Å². The second-order valence-electron chi connectivity index (χ2n) is 2.35. The summed E-state index contributed by atoms with van der Waals surface area (Å²) in [4.78, 5) is 6.08. The van der Waals surface area contributed by atoms with Gasteiger partial charge in [0.1, 0.15) is 0 Å². The molecule has 0 bridgehead atoms. The van der Waals surface area contributed by atoms with E-state index in [1.807, 2.05) is 12.4 Å². The number of aliphatic imine (C=N–C) groups is 1. The van der Waals surface area contributed by atoms with Crippen LogP contribution in [0, 0.1) is 0 Å². The highest BCUT2D eigenvalue weighted by Crippen LogP contribution is 1.91. The van der Waals surface area contributed by atoms with E-state index >= 15 is 0 Å². The minimum Gasteiger partial charge on any atom is -0.358 e. The van der Waals surface area contributed by atoms with Crippen molar-refractivity contribution in [1.29, 1.82) is 0 Å². The SMILES string of the molecule is NCCNCN1C=CN=CC1. The molecule has 1 heterocycles. The van der Waals surface area contributed by atoms with Crippen molar-refractivity contribution in [2.75, 3.05) is 26.3 Å². The van der Waals surface area contributed by atoms with Gasteiger partial charge in [-0.25, -0.2) is 0 Å². The number of nitrogens with zero attached hydrogens (tertiary/aromatic N) is 2. The van der Waals surface area contributed by atoms with E-state index < -0.39 is 0 Å². The topological polar surface area (TPSA) is 53.6 Å². The van der Waals surface area contributed by atoms with Crippen LogP contribution in [0.5, 0.6) is 0 Å². The fourth-order valence-electron chi connectivity index (χ4n) is 0.848. The Hall–Kier alpha value is -0.870. The van der Waals surface area contributed by atoms with Gasteiger partial charge in [0.25, 0.3) is 0 Å². The van der Waals surface area contributed by atoms with Crippen LogP contribution in [0.15, 0.2) is 17.4 Å². The van der Waals surface area contributed by atoms with Gasteiger partial charge in [-0.1, -0.05) is 0 Å². The van der Waals surface area contributed by atoms with Crippen molar-refractivity contribution in [2.24, 2.45) is 10.7 Å². The van der Waals surface area contributed by atoms with Crippen LogP contribution in [0.4, 0.5) is 0 Å². The van der Waals surface area contributed by atoms with Gasteiger partial charge in [0.2, 0.25) is 0 Å². The smallest absolute Gasteiger partial charge is 0.0681 e. The molecule has 3 N–H and O–H groups in total. The molecule has 62 valence electrons. The second-order valence-corrected chi connectivity index (χ2v) is 2.35. The molecule has 0 saturated heterocycles. The van der Waals surface area contributed by atoms with E-state index in [-0.39, 0.29) is 0 Å². The van der Waals surface area contributed by atoms with Crippen LogP contribution in [-0.4, -0.2) is 37.4 Å². The minimum absolute atomic E-state index is 0.686. The molecule has 0 unspecified atom stereocenters. The maximum atomic E-state index is 5.32. The zero-order chi connectivity index (χ0) is 7.94. The van der Waals surface area contributed by atoms with Crippen molar-refractivity contribution in [2.45, 2.75) is 0 Å². The Morgan fingerprint density at radius 1 is 1.64 bits per heavy atom. The molecular weight excluding hydrogens is 140 g/mol. The van der Waals surface area contributed by atoms with E-state index in [9.17, 15) is 0 Å². The summed E-state index contributed by atoms with van der Waals surface area (Å²) in [5, 5.41) is 3.19. The van der Waals surface area contributed by atoms with Crippen LogP contribution in [0.25, 0.3) is 0 Å². The normalized spacial score (nSPS) is 15.9. The summed E-state index contributed by atoms with van der Waals surface area (Å²) >= 11 is 0. The van der Waals surface area contributed by atoms with Gasteiger partial charge in [-0.05, 0) is 0 Å². The molecule has 11 heavy (non-hydrogen) atoms. The standard InChI is InChI=1S/C7H14N4/c8-1-2-10-7-11-5-3-9-4-6-11/h3-5,10H,1-2,6-8H2. The molecule has 1 aliphatic heterocycles. The first-order valence-electron chi connectivity index (χ1n) is 3.76. The van der Waals surface area contributed by atoms with E-state index in [1.54, 1.807) is 6.20 Å². The van der Waals surface area contributed by atoms with E-state index in [2.05, 4.69) is 15.2 Å². The number of hydrogen-bond donors (Lipinski definition) is 2. The van der Waals surface area contributed by atoms with E-state index in [0.717, 1.165) is 19.8 Å². The molecule has 0 saturated carbocycles. The first-order chi connectivity index (χ1) is 5.43.